The molecule has 0 radical (unpaired) electrons. The maximum atomic E-state index is 13.0. The highest BCUT2D eigenvalue weighted by atomic mass is 19.4. The number of esters is 1. The van der Waals surface area contributed by atoms with Gasteiger partial charge in [-0.05, 0) is 60.1 Å². The number of hydrogen-bond donors (Lipinski definition) is 1. The SMILES string of the molecule is CCC(c1ccc(O)cc1)C(CC)c1ccc(OC(=O)C(F)(F)C(F)(F)F)cc1. The number of aromatic hydroxyl groups is 1. The lowest BCUT2D eigenvalue weighted by Gasteiger charge is -2.26. The molecule has 0 aliphatic heterocycles. The van der Waals surface area contributed by atoms with Crippen LogP contribution in [0.3, 0.4) is 0 Å². The lowest BCUT2D eigenvalue weighted by atomic mass is 9.78. The van der Waals surface area contributed by atoms with Gasteiger partial charge in [0.25, 0.3) is 0 Å². The molecule has 0 bridgehead atoms. The van der Waals surface area contributed by atoms with Gasteiger partial charge in [0, 0.05) is 0 Å². The van der Waals surface area contributed by atoms with Gasteiger partial charge in [0.1, 0.15) is 11.5 Å². The summed E-state index contributed by atoms with van der Waals surface area (Å²) in [5, 5.41) is 9.47. The van der Waals surface area contributed by atoms with Crippen molar-refractivity contribution < 1.29 is 36.6 Å². The lowest BCUT2D eigenvalue weighted by molar-refractivity contribution is -0.276. The zero-order valence-corrected chi connectivity index (χ0v) is 15.8. The smallest absolute Gasteiger partial charge is 0.465 e. The molecule has 1 N–H and O–H groups in total. The van der Waals surface area contributed by atoms with Gasteiger partial charge in [0.2, 0.25) is 0 Å². The third-order valence-electron chi connectivity index (χ3n) is 4.82. The quantitative estimate of drug-likeness (QED) is 0.333. The van der Waals surface area contributed by atoms with Crippen molar-refractivity contribution >= 4 is 5.97 Å². The predicted molar refractivity (Wildman–Crippen MR) is 97.2 cm³/mol. The highest BCUT2D eigenvalue weighted by Gasteiger charge is 2.65. The van der Waals surface area contributed by atoms with E-state index in [0.717, 1.165) is 24.0 Å². The van der Waals surface area contributed by atoms with Gasteiger partial charge in [-0.1, -0.05) is 38.1 Å². The average molecular weight is 416 g/mol. The number of halogens is 5. The number of alkyl halides is 5. The van der Waals surface area contributed by atoms with E-state index in [4.69, 9.17) is 0 Å². The first-order chi connectivity index (χ1) is 13.5. The number of benzene rings is 2. The minimum Gasteiger partial charge on any atom is -0.508 e. The van der Waals surface area contributed by atoms with Gasteiger partial charge in [-0.15, -0.1) is 0 Å². The van der Waals surface area contributed by atoms with Crippen molar-refractivity contribution in [3.05, 3.63) is 59.7 Å². The summed E-state index contributed by atoms with van der Waals surface area (Å²) >= 11 is 0. The van der Waals surface area contributed by atoms with Crippen LogP contribution >= 0.6 is 0 Å². The van der Waals surface area contributed by atoms with Crippen LogP contribution in [-0.4, -0.2) is 23.2 Å². The standard InChI is InChI=1S/C21H21F5O3/c1-3-17(13-5-9-15(27)10-6-13)18(4-2)14-7-11-16(12-8-14)29-19(28)20(22,23)21(24,25)26/h5-12,17-18,27H,3-4H2,1-2H3. The second-order valence-corrected chi connectivity index (χ2v) is 6.65. The molecule has 0 spiro atoms. The number of phenols is 1. The molecule has 29 heavy (non-hydrogen) atoms. The van der Waals surface area contributed by atoms with Gasteiger partial charge in [-0.2, -0.15) is 22.0 Å². The van der Waals surface area contributed by atoms with Crippen LogP contribution < -0.4 is 4.74 Å². The molecule has 0 aliphatic carbocycles. The predicted octanol–water partition coefficient (Wildman–Crippen LogP) is 6.18. The molecule has 8 heteroatoms. The summed E-state index contributed by atoms with van der Waals surface area (Å²) in [7, 11) is 0. The number of hydrogen-bond acceptors (Lipinski definition) is 3. The maximum absolute atomic E-state index is 13.0. The molecular formula is C21H21F5O3. The summed E-state index contributed by atoms with van der Waals surface area (Å²) in [4.78, 5) is 11.2. The van der Waals surface area contributed by atoms with Crippen LogP contribution in [0, 0.1) is 0 Å². The largest absolute Gasteiger partial charge is 0.508 e. The van der Waals surface area contributed by atoms with E-state index in [9.17, 15) is 31.9 Å². The molecule has 158 valence electrons. The Kier molecular flexibility index (Phi) is 6.87. The van der Waals surface area contributed by atoms with Crippen LogP contribution in [0.5, 0.6) is 11.5 Å². The van der Waals surface area contributed by atoms with Crippen molar-refractivity contribution in [2.45, 2.75) is 50.6 Å². The summed E-state index contributed by atoms with van der Waals surface area (Å²) in [6.45, 7) is 3.99. The molecule has 0 heterocycles. The van der Waals surface area contributed by atoms with Crippen molar-refractivity contribution in [1.82, 2.24) is 0 Å². The Morgan fingerprint density at radius 3 is 1.66 bits per heavy atom. The first-order valence-corrected chi connectivity index (χ1v) is 9.07. The van der Waals surface area contributed by atoms with E-state index in [1.54, 1.807) is 24.3 Å². The summed E-state index contributed by atoms with van der Waals surface area (Å²) in [5.41, 5.74) is 1.84. The molecule has 2 aromatic rings. The van der Waals surface area contributed by atoms with Crippen molar-refractivity contribution in [1.29, 1.82) is 0 Å². The van der Waals surface area contributed by atoms with E-state index >= 15 is 0 Å². The summed E-state index contributed by atoms with van der Waals surface area (Å²) < 4.78 is 67.0. The average Bonchev–Trinajstić information content (AvgIpc) is 2.67. The Hall–Kier alpha value is -2.64. The van der Waals surface area contributed by atoms with E-state index in [1.807, 2.05) is 26.0 Å². The minimum absolute atomic E-state index is 0.0333. The Balaban J connectivity index is 2.20. The first-order valence-electron chi connectivity index (χ1n) is 9.07. The Bertz CT molecular complexity index is 814. The fraction of sp³-hybridized carbons (Fsp3) is 0.381. The van der Waals surface area contributed by atoms with Crippen molar-refractivity contribution in [3.8, 4) is 11.5 Å². The van der Waals surface area contributed by atoms with E-state index in [-0.39, 0.29) is 17.6 Å². The maximum Gasteiger partial charge on any atom is 0.465 e. The van der Waals surface area contributed by atoms with E-state index in [1.165, 1.54) is 12.1 Å². The van der Waals surface area contributed by atoms with Gasteiger partial charge >= 0.3 is 18.1 Å². The summed E-state index contributed by atoms with van der Waals surface area (Å²) in [6, 6.07) is 12.3. The number of ether oxygens (including phenoxy) is 1. The van der Waals surface area contributed by atoms with Gasteiger partial charge in [-0.25, -0.2) is 4.79 Å². The lowest BCUT2D eigenvalue weighted by Crippen LogP contribution is -2.46. The van der Waals surface area contributed by atoms with Crippen LogP contribution in [-0.2, 0) is 4.79 Å². The summed E-state index contributed by atoms with van der Waals surface area (Å²) in [6.07, 6.45) is -4.49. The Morgan fingerprint density at radius 1 is 0.862 bits per heavy atom. The van der Waals surface area contributed by atoms with Gasteiger partial charge < -0.3 is 9.84 Å². The van der Waals surface area contributed by atoms with Crippen molar-refractivity contribution in [2.24, 2.45) is 0 Å². The van der Waals surface area contributed by atoms with E-state index in [2.05, 4.69) is 4.74 Å². The van der Waals surface area contributed by atoms with Crippen molar-refractivity contribution in [3.63, 3.8) is 0 Å². The van der Waals surface area contributed by atoms with Gasteiger partial charge in [0.05, 0.1) is 0 Å². The third-order valence-corrected chi connectivity index (χ3v) is 4.82. The summed E-state index contributed by atoms with van der Waals surface area (Å²) in [5.74, 6) is -8.35. The number of phenolic OH excluding ortho intramolecular Hbond substituents is 1. The molecule has 2 unspecified atom stereocenters. The molecule has 0 saturated heterocycles. The second-order valence-electron chi connectivity index (χ2n) is 6.65. The first kappa shape index (κ1) is 22.6. The Labute approximate surface area is 165 Å². The highest BCUT2D eigenvalue weighted by Crippen LogP contribution is 2.40. The molecule has 0 saturated carbocycles. The Morgan fingerprint density at radius 2 is 1.28 bits per heavy atom. The highest BCUT2D eigenvalue weighted by molar-refractivity contribution is 5.80. The molecule has 2 rings (SSSR count). The molecule has 3 nitrogen and oxygen atoms in total. The number of carbonyl (C=O) groups excluding carboxylic acids is 1. The van der Waals surface area contributed by atoms with E-state index in [0.29, 0.717) is 0 Å². The van der Waals surface area contributed by atoms with E-state index < -0.39 is 23.8 Å². The van der Waals surface area contributed by atoms with Gasteiger partial charge in [-0.3, -0.25) is 0 Å². The van der Waals surface area contributed by atoms with Crippen LogP contribution in [0.2, 0.25) is 0 Å². The zero-order valence-electron chi connectivity index (χ0n) is 15.8. The third kappa shape index (κ3) is 5.05. The molecule has 0 amide bonds. The normalized spacial score (nSPS) is 14.3. The van der Waals surface area contributed by atoms with Crippen LogP contribution in [0.15, 0.2) is 48.5 Å². The number of rotatable bonds is 7. The molecular weight excluding hydrogens is 395 g/mol. The molecule has 0 aliphatic rings. The second kappa shape index (κ2) is 8.80. The van der Waals surface area contributed by atoms with Crippen molar-refractivity contribution in [2.75, 3.05) is 0 Å². The van der Waals surface area contributed by atoms with Crippen LogP contribution in [0.25, 0.3) is 0 Å². The minimum atomic E-state index is -6.02. The fourth-order valence-electron chi connectivity index (χ4n) is 3.30. The fourth-order valence-corrected chi connectivity index (χ4v) is 3.30. The topological polar surface area (TPSA) is 46.5 Å². The number of carbonyl (C=O) groups is 1. The molecule has 2 atom stereocenters. The molecule has 0 aromatic heterocycles. The monoisotopic (exact) mass is 416 g/mol. The molecule has 2 aromatic carbocycles. The van der Waals surface area contributed by atoms with Gasteiger partial charge in [0.15, 0.2) is 0 Å². The van der Waals surface area contributed by atoms with Crippen LogP contribution in [0.1, 0.15) is 49.7 Å². The zero-order chi connectivity index (χ0) is 21.8. The molecule has 0 fully saturated rings. The van der Waals surface area contributed by atoms with Crippen LogP contribution in [0.4, 0.5) is 22.0 Å².